The minimum atomic E-state index is -0.581. The Balaban J connectivity index is 1.23. The lowest BCUT2D eigenvalue weighted by Crippen LogP contribution is -2.52. The Hall–Kier alpha value is -2.78. The van der Waals surface area contributed by atoms with Gasteiger partial charge in [-0.15, -0.1) is 11.3 Å². The third kappa shape index (κ3) is 4.07. The van der Waals surface area contributed by atoms with Crippen LogP contribution in [0.15, 0.2) is 23.6 Å². The van der Waals surface area contributed by atoms with Crippen molar-refractivity contribution in [2.75, 3.05) is 18.4 Å². The third-order valence-electron chi connectivity index (χ3n) is 6.31. The van der Waals surface area contributed by atoms with Crippen LogP contribution in [0.5, 0.6) is 0 Å². The van der Waals surface area contributed by atoms with Gasteiger partial charge in [0.2, 0.25) is 11.8 Å². The molecule has 31 heavy (non-hydrogen) atoms. The van der Waals surface area contributed by atoms with Crippen LogP contribution in [0.25, 0.3) is 0 Å². The summed E-state index contributed by atoms with van der Waals surface area (Å²) in [5, 5.41) is 12.2. The van der Waals surface area contributed by atoms with Crippen molar-refractivity contribution in [2.45, 2.75) is 50.7 Å². The van der Waals surface area contributed by atoms with Crippen LogP contribution in [0.4, 0.5) is 5.13 Å². The number of aromatic nitrogens is 1. The molecule has 9 heteroatoms. The van der Waals surface area contributed by atoms with Crippen molar-refractivity contribution in [2.24, 2.45) is 0 Å². The molecule has 2 saturated heterocycles. The zero-order valence-corrected chi connectivity index (χ0v) is 18.0. The minimum Gasteiger partial charge on any atom is -0.357 e. The maximum absolute atomic E-state index is 12.8. The van der Waals surface area contributed by atoms with Crippen LogP contribution in [0.1, 0.15) is 58.8 Å². The maximum Gasteiger partial charge on any atom is 0.255 e. The fraction of sp³-hybridized carbons (Fsp3) is 0.455. The highest BCUT2D eigenvalue weighted by Crippen LogP contribution is 2.30. The average molecular weight is 440 g/mol. The highest BCUT2D eigenvalue weighted by atomic mass is 32.1. The molecule has 0 saturated carbocycles. The highest BCUT2D eigenvalue weighted by molar-refractivity contribution is 7.13. The molecule has 4 heterocycles. The number of hydrogen-bond donors (Lipinski definition) is 3. The molecule has 0 spiro atoms. The van der Waals surface area contributed by atoms with E-state index in [9.17, 15) is 14.4 Å². The molecule has 3 aliphatic heterocycles. The molecular weight excluding hydrogens is 414 g/mol. The lowest BCUT2D eigenvalue weighted by Gasteiger charge is -2.29. The Morgan fingerprint density at radius 3 is 2.81 bits per heavy atom. The lowest BCUT2D eigenvalue weighted by atomic mass is 9.96. The van der Waals surface area contributed by atoms with Gasteiger partial charge in [0.05, 0.1) is 5.69 Å². The molecule has 1 aromatic carbocycles. The van der Waals surface area contributed by atoms with E-state index in [2.05, 4.69) is 21.3 Å². The minimum absolute atomic E-state index is 0.143. The van der Waals surface area contributed by atoms with Crippen molar-refractivity contribution in [3.05, 3.63) is 46.0 Å². The number of amides is 3. The molecule has 3 N–H and O–H groups in total. The van der Waals surface area contributed by atoms with E-state index in [1.165, 1.54) is 5.69 Å². The number of rotatable bonds is 5. The fourth-order valence-corrected chi connectivity index (χ4v) is 5.38. The van der Waals surface area contributed by atoms with Gasteiger partial charge < -0.3 is 15.5 Å². The van der Waals surface area contributed by atoms with Gasteiger partial charge in [0.1, 0.15) is 6.04 Å². The van der Waals surface area contributed by atoms with Gasteiger partial charge in [0.25, 0.3) is 5.91 Å². The lowest BCUT2D eigenvalue weighted by molar-refractivity contribution is -0.136. The first-order valence-corrected chi connectivity index (χ1v) is 11.6. The SMILES string of the molecule is O=C1CCC(N2Cc3cc(CNc4nc(C5CCNCC5)cs4)ccc3C2=O)C(=O)N1. The van der Waals surface area contributed by atoms with Gasteiger partial charge in [-0.3, -0.25) is 19.7 Å². The van der Waals surface area contributed by atoms with Crippen molar-refractivity contribution in [3.63, 3.8) is 0 Å². The van der Waals surface area contributed by atoms with Crippen LogP contribution in [0, 0.1) is 0 Å². The van der Waals surface area contributed by atoms with E-state index in [1.807, 2.05) is 18.2 Å². The van der Waals surface area contributed by atoms with Crippen molar-refractivity contribution in [1.82, 2.24) is 20.5 Å². The molecule has 1 unspecified atom stereocenters. The first-order valence-electron chi connectivity index (χ1n) is 10.7. The normalized spacial score (nSPS) is 21.9. The summed E-state index contributed by atoms with van der Waals surface area (Å²) in [5.74, 6) is -0.259. The predicted molar refractivity (Wildman–Crippen MR) is 117 cm³/mol. The molecule has 3 aliphatic rings. The van der Waals surface area contributed by atoms with Crippen LogP contribution in [0.3, 0.4) is 0 Å². The largest absolute Gasteiger partial charge is 0.357 e. The van der Waals surface area contributed by atoms with Crippen molar-refractivity contribution in [3.8, 4) is 0 Å². The topological polar surface area (TPSA) is 103 Å². The second-order valence-corrected chi connectivity index (χ2v) is 9.20. The van der Waals surface area contributed by atoms with E-state index in [0.717, 1.165) is 42.2 Å². The predicted octanol–water partition coefficient (Wildman–Crippen LogP) is 1.98. The number of nitrogens with one attached hydrogen (secondary N) is 3. The van der Waals surface area contributed by atoms with E-state index < -0.39 is 6.04 Å². The van der Waals surface area contributed by atoms with Crippen LogP contribution in [0.2, 0.25) is 0 Å². The van der Waals surface area contributed by atoms with Gasteiger partial charge in [-0.05, 0) is 49.5 Å². The molecule has 8 nitrogen and oxygen atoms in total. The van der Waals surface area contributed by atoms with Crippen LogP contribution < -0.4 is 16.0 Å². The summed E-state index contributed by atoms with van der Waals surface area (Å²) in [6.45, 7) is 3.12. The zero-order valence-electron chi connectivity index (χ0n) is 17.1. The zero-order chi connectivity index (χ0) is 21.4. The number of carbonyl (C=O) groups is 3. The highest BCUT2D eigenvalue weighted by Gasteiger charge is 2.39. The molecule has 0 bridgehead atoms. The van der Waals surface area contributed by atoms with Crippen molar-refractivity contribution >= 4 is 34.2 Å². The average Bonchev–Trinajstić information content (AvgIpc) is 3.38. The molecule has 0 radical (unpaired) electrons. The number of imide groups is 1. The van der Waals surface area contributed by atoms with E-state index in [1.54, 1.807) is 16.2 Å². The van der Waals surface area contributed by atoms with Crippen LogP contribution in [-0.4, -0.2) is 46.7 Å². The molecule has 1 atom stereocenters. The van der Waals surface area contributed by atoms with Crippen molar-refractivity contribution in [1.29, 1.82) is 0 Å². The molecule has 1 aromatic heterocycles. The second-order valence-electron chi connectivity index (χ2n) is 8.35. The molecular formula is C22H25N5O3S. The number of fused-ring (bicyclic) bond motifs is 1. The number of benzene rings is 1. The van der Waals surface area contributed by atoms with Crippen molar-refractivity contribution < 1.29 is 14.4 Å². The van der Waals surface area contributed by atoms with Gasteiger partial charge >= 0.3 is 0 Å². The van der Waals surface area contributed by atoms with Gasteiger partial charge in [-0.1, -0.05) is 12.1 Å². The number of hydrogen-bond acceptors (Lipinski definition) is 7. The monoisotopic (exact) mass is 439 g/mol. The Morgan fingerprint density at radius 1 is 1.16 bits per heavy atom. The fourth-order valence-electron chi connectivity index (χ4n) is 4.59. The van der Waals surface area contributed by atoms with E-state index in [4.69, 9.17) is 4.98 Å². The number of anilines is 1. The molecule has 2 aromatic rings. The summed E-state index contributed by atoms with van der Waals surface area (Å²) in [6, 6.07) is 5.22. The Labute approximate surface area is 184 Å². The van der Waals surface area contributed by atoms with Crippen LogP contribution >= 0.6 is 11.3 Å². The maximum atomic E-state index is 12.8. The Bertz CT molecular complexity index is 1030. The first-order chi connectivity index (χ1) is 15.1. The molecule has 0 aliphatic carbocycles. The number of carbonyl (C=O) groups excluding carboxylic acids is 3. The number of thiazole rings is 1. The standard InChI is InChI=1S/C22H25N5O3S/c28-19-4-3-18(20(29)26-19)27-11-15-9-13(1-2-16(15)21(27)30)10-24-22-25-17(12-31-22)14-5-7-23-8-6-14/h1-2,9,12,14,18,23H,3-8,10-11H2,(H,24,25)(H,26,28,29). The third-order valence-corrected chi connectivity index (χ3v) is 7.13. The van der Waals surface area contributed by atoms with Gasteiger partial charge in [0, 0.05) is 36.4 Å². The Kier molecular flexibility index (Phi) is 5.45. The molecule has 162 valence electrons. The second kappa shape index (κ2) is 8.39. The summed E-state index contributed by atoms with van der Waals surface area (Å²) in [6.07, 6.45) is 2.90. The summed E-state index contributed by atoms with van der Waals surface area (Å²) in [7, 11) is 0. The number of nitrogens with zero attached hydrogens (tertiary/aromatic N) is 2. The summed E-state index contributed by atoms with van der Waals surface area (Å²) < 4.78 is 0. The summed E-state index contributed by atoms with van der Waals surface area (Å²) in [5.41, 5.74) is 3.79. The molecule has 2 fully saturated rings. The first kappa shape index (κ1) is 20.1. The van der Waals surface area contributed by atoms with Gasteiger partial charge in [-0.25, -0.2) is 4.98 Å². The number of piperidine rings is 2. The smallest absolute Gasteiger partial charge is 0.255 e. The molecule has 3 amide bonds. The van der Waals surface area contributed by atoms with Gasteiger partial charge in [-0.2, -0.15) is 0 Å². The molecule has 5 rings (SSSR count). The van der Waals surface area contributed by atoms with Crippen LogP contribution in [-0.2, 0) is 22.7 Å². The summed E-state index contributed by atoms with van der Waals surface area (Å²) >= 11 is 1.63. The quantitative estimate of drug-likeness (QED) is 0.616. The summed E-state index contributed by atoms with van der Waals surface area (Å²) in [4.78, 5) is 42.7. The van der Waals surface area contributed by atoms with E-state index >= 15 is 0 Å². The van der Waals surface area contributed by atoms with E-state index in [-0.39, 0.29) is 24.1 Å². The Morgan fingerprint density at radius 2 is 2.00 bits per heavy atom. The van der Waals surface area contributed by atoms with Gasteiger partial charge in [0.15, 0.2) is 5.13 Å². The van der Waals surface area contributed by atoms with E-state index in [0.29, 0.717) is 31.0 Å².